The van der Waals surface area contributed by atoms with E-state index < -0.39 is 11.7 Å². The molecule has 0 aliphatic heterocycles. The number of halogens is 1. The van der Waals surface area contributed by atoms with Crippen molar-refractivity contribution in [2.24, 2.45) is 0 Å². The Hall–Kier alpha value is -2.69. The summed E-state index contributed by atoms with van der Waals surface area (Å²) in [4.78, 5) is 12.2. The molecule has 100 valence electrons. The molecule has 2 aromatic carbocycles. The normalized spacial score (nSPS) is 10.7. The lowest BCUT2D eigenvalue weighted by Gasteiger charge is -2.06. The van der Waals surface area contributed by atoms with Crippen LogP contribution in [0.4, 0.5) is 10.1 Å². The first-order valence-corrected chi connectivity index (χ1v) is 6.16. The lowest BCUT2D eigenvalue weighted by atomic mass is 10.2. The minimum atomic E-state index is -0.469. The lowest BCUT2D eigenvalue weighted by molar-refractivity contribution is 0.102. The van der Waals surface area contributed by atoms with Gasteiger partial charge in [0, 0.05) is 5.39 Å². The van der Waals surface area contributed by atoms with Gasteiger partial charge >= 0.3 is 0 Å². The summed E-state index contributed by atoms with van der Waals surface area (Å²) in [6.45, 7) is 1.83. The van der Waals surface area contributed by atoms with E-state index in [1.165, 1.54) is 6.07 Å². The van der Waals surface area contributed by atoms with Crippen molar-refractivity contribution >= 4 is 22.5 Å². The third-order valence-corrected chi connectivity index (χ3v) is 3.06. The summed E-state index contributed by atoms with van der Waals surface area (Å²) in [6.07, 6.45) is 0. The molecular weight excluding hydrogens is 257 g/mol. The van der Waals surface area contributed by atoms with E-state index in [1.54, 1.807) is 18.2 Å². The van der Waals surface area contributed by atoms with Gasteiger partial charge in [-0.05, 0) is 30.7 Å². The molecule has 1 amide bonds. The van der Waals surface area contributed by atoms with E-state index >= 15 is 0 Å². The van der Waals surface area contributed by atoms with Crippen LogP contribution in [0, 0.1) is 12.7 Å². The van der Waals surface area contributed by atoms with E-state index in [0.29, 0.717) is 5.39 Å². The largest absolute Gasteiger partial charge is 0.318 e. The van der Waals surface area contributed by atoms with Crippen LogP contribution in [0.15, 0.2) is 42.5 Å². The van der Waals surface area contributed by atoms with Gasteiger partial charge in [-0.1, -0.05) is 24.3 Å². The van der Waals surface area contributed by atoms with Crippen LogP contribution < -0.4 is 5.32 Å². The molecule has 3 aromatic rings. The maximum Gasteiger partial charge on any atom is 0.276 e. The summed E-state index contributed by atoms with van der Waals surface area (Å²) in [5.41, 5.74) is 2.04. The molecule has 0 bridgehead atoms. The number of fused-ring (bicyclic) bond motifs is 1. The van der Waals surface area contributed by atoms with Gasteiger partial charge in [-0.2, -0.15) is 5.10 Å². The molecule has 0 saturated carbocycles. The molecule has 4 nitrogen and oxygen atoms in total. The average molecular weight is 269 g/mol. The summed E-state index contributed by atoms with van der Waals surface area (Å²) < 4.78 is 13.6. The first kappa shape index (κ1) is 12.3. The Morgan fingerprint density at radius 3 is 2.90 bits per heavy atom. The first-order chi connectivity index (χ1) is 9.65. The topological polar surface area (TPSA) is 57.8 Å². The van der Waals surface area contributed by atoms with Gasteiger partial charge in [0.15, 0.2) is 5.69 Å². The third kappa shape index (κ3) is 2.14. The van der Waals surface area contributed by atoms with Crippen molar-refractivity contribution < 1.29 is 9.18 Å². The summed E-state index contributed by atoms with van der Waals surface area (Å²) in [5.74, 6) is -0.907. The molecule has 1 aromatic heterocycles. The predicted octanol–water partition coefficient (Wildman–Crippen LogP) is 3.26. The number of nitrogens with zero attached hydrogens (tertiary/aromatic N) is 1. The van der Waals surface area contributed by atoms with Gasteiger partial charge in [0.05, 0.1) is 11.2 Å². The fourth-order valence-electron chi connectivity index (χ4n) is 2.05. The summed E-state index contributed by atoms with van der Waals surface area (Å²) >= 11 is 0. The smallest absolute Gasteiger partial charge is 0.276 e. The molecule has 0 atom stereocenters. The number of aryl methyl sites for hydroxylation is 1. The highest BCUT2D eigenvalue weighted by Crippen LogP contribution is 2.19. The summed E-state index contributed by atoms with van der Waals surface area (Å²) in [5, 5.41) is 10.0. The number of H-pyrrole nitrogens is 1. The molecule has 2 N–H and O–H groups in total. The van der Waals surface area contributed by atoms with Crippen LogP contribution in [0.25, 0.3) is 10.9 Å². The molecule has 0 spiro atoms. The third-order valence-electron chi connectivity index (χ3n) is 3.06. The van der Waals surface area contributed by atoms with Gasteiger partial charge in [0.1, 0.15) is 5.82 Å². The number of carbonyl (C=O) groups is 1. The molecule has 0 saturated heterocycles. The zero-order chi connectivity index (χ0) is 14.1. The van der Waals surface area contributed by atoms with E-state index in [2.05, 4.69) is 15.5 Å². The first-order valence-electron chi connectivity index (χ1n) is 6.16. The van der Waals surface area contributed by atoms with Crippen LogP contribution in [0.5, 0.6) is 0 Å². The van der Waals surface area contributed by atoms with E-state index in [9.17, 15) is 9.18 Å². The standard InChI is InChI=1S/C15H12FN3O/c1-9-6-7-11(16)13(8-9)17-15(20)14-10-4-2-3-5-12(10)18-19-14/h2-8H,1H3,(H,17,20)(H,18,19). The molecule has 0 radical (unpaired) electrons. The van der Waals surface area contributed by atoms with Gasteiger partial charge in [0.25, 0.3) is 5.91 Å². The van der Waals surface area contributed by atoms with Crippen molar-refractivity contribution in [3.8, 4) is 0 Å². The second-order valence-electron chi connectivity index (χ2n) is 4.56. The number of aromatic nitrogens is 2. The number of hydrogen-bond acceptors (Lipinski definition) is 2. The minimum Gasteiger partial charge on any atom is -0.318 e. The fourth-order valence-corrected chi connectivity index (χ4v) is 2.05. The van der Waals surface area contributed by atoms with Crippen molar-refractivity contribution in [2.75, 3.05) is 5.32 Å². The van der Waals surface area contributed by atoms with Crippen LogP contribution in [0.2, 0.25) is 0 Å². The number of aromatic amines is 1. The van der Waals surface area contributed by atoms with Gasteiger partial charge in [-0.3, -0.25) is 9.89 Å². The van der Waals surface area contributed by atoms with Crippen molar-refractivity contribution in [2.45, 2.75) is 6.92 Å². The van der Waals surface area contributed by atoms with Crippen LogP contribution >= 0.6 is 0 Å². The Morgan fingerprint density at radius 2 is 2.05 bits per heavy atom. The molecule has 0 fully saturated rings. The summed E-state index contributed by atoms with van der Waals surface area (Å²) in [6, 6.07) is 11.8. The second-order valence-corrected chi connectivity index (χ2v) is 4.56. The maximum absolute atomic E-state index is 13.6. The van der Waals surface area contributed by atoms with Crippen molar-refractivity contribution in [3.63, 3.8) is 0 Å². The molecule has 20 heavy (non-hydrogen) atoms. The fraction of sp³-hybridized carbons (Fsp3) is 0.0667. The highest BCUT2D eigenvalue weighted by Gasteiger charge is 2.15. The summed E-state index contributed by atoms with van der Waals surface area (Å²) in [7, 11) is 0. The Labute approximate surface area is 114 Å². The van der Waals surface area contributed by atoms with Gasteiger partial charge < -0.3 is 5.32 Å². The molecule has 0 unspecified atom stereocenters. The Bertz CT molecular complexity index is 795. The SMILES string of the molecule is Cc1ccc(F)c(NC(=O)c2n[nH]c3ccccc23)c1. The van der Waals surface area contributed by atoms with Crippen LogP contribution in [-0.4, -0.2) is 16.1 Å². The average Bonchev–Trinajstić information content (AvgIpc) is 2.87. The molecule has 1 heterocycles. The molecule has 5 heteroatoms. The number of rotatable bonds is 2. The highest BCUT2D eigenvalue weighted by atomic mass is 19.1. The molecule has 3 rings (SSSR count). The van der Waals surface area contributed by atoms with Crippen molar-refractivity contribution in [1.29, 1.82) is 0 Å². The van der Waals surface area contributed by atoms with Crippen LogP contribution in [0.3, 0.4) is 0 Å². The predicted molar refractivity (Wildman–Crippen MR) is 75.2 cm³/mol. The van der Waals surface area contributed by atoms with Gasteiger partial charge in [0.2, 0.25) is 0 Å². The number of amides is 1. The lowest BCUT2D eigenvalue weighted by Crippen LogP contribution is -2.14. The molecule has 0 aliphatic carbocycles. The number of nitrogens with one attached hydrogen (secondary N) is 2. The van der Waals surface area contributed by atoms with E-state index in [0.717, 1.165) is 11.1 Å². The van der Waals surface area contributed by atoms with E-state index in [-0.39, 0.29) is 11.4 Å². The van der Waals surface area contributed by atoms with E-state index in [1.807, 2.05) is 25.1 Å². The van der Waals surface area contributed by atoms with Crippen LogP contribution in [-0.2, 0) is 0 Å². The molecular formula is C15H12FN3O. The van der Waals surface area contributed by atoms with E-state index in [4.69, 9.17) is 0 Å². The number of anilines is 1. The van der Waals surface area contributed by atoms with Gasteiger partial charge in [-0.25, -0.2) is 4.39 Å². The van der Waals surface area contributed by atoms with Gasteiger partial charge in [-0.15, -0.1) is 0 Å². The Balaban J connectivity index is 1.95. The van der Waals surface area contributed by atoms with Crippen molar-refractivity contribution in [1.82, 2.24) is 10.2 Å². The van der Waals surface area contributed by atoms with Crippen LogP contribution in [0.1, 0.15) is 16.1 Å². The Kier molecular flexibility index (Phi) is 2.95. The monoisotopic (exact) mass is 269 g/mol. The zero-order valence-electron chi connectivity index (χ0n) is 10.8. The number of para-hydroxylation sites is 1. The number of benzene rings is 2. The zero-order valence-corrected chi connectivity index (χ0v) is 10.8. The molecule has 0 aliphatic rings. The highest BCUT2D eigenvalue weighted by molar-refractivity contribution is 6.11. The number of carbonyl (C=O) groups excluding carboxylic acids is 1. The number of hydrogen-bond donors (Lipinski definition) is 2. The Morgan fingerprint density at radius 1 is 1.25 bits per heavy atom. The quantitative estimate of drug-likeness (QED) is 0.750. The second kappa shape index (κ2) is 4.77. The van der Waals surface area contributed by atoms with Crippen molar-refractivity contribution in [3.05, 3.63) is 59.5 Å². The minimum absolute atomic E-state index is 0.155. The maximum atomic E-state index is 13.6.